The summed E-state index contributed by atoms with van der Waals surface area (Å²) < 4.78 is 0. The lowest BCUT2D eigenvalue weighted by atomic mass is 10.1. The first-order valence-corrected chi connectivity index (χ1v) is 5.32. The van der Waals surface area contributed by atoms with Crippen LogP contribution in [0.2, 0.25) is 0 Å². The molecule has 0 saturated heterocycles. The van der Waals surface area contributed by atoms with Crippen molar-refractivity contribution in [3.63, 3.8) is 0 Å². The van der Waals surface area contributed by atoms with E-state index in [1.165, 1.54) is 11.1 Å². The van der Waals surface area contributed by atoms with Crippen molar-refractivity contribution >= 4 is 6.29 Å². The van der Waals surface area contributed by atoms with E-state index in [0.29, 0.717) is 5.56 Å². The smallest absolute Gasteiger partial charge is 0.153 e. The molecule has 0 spiro atoms. The number of rotatable bonds is 4. The molecule has 0 amide bonds. The first kappa shape index (κ1) is 10.6. The first-order chi connectivity index (χ1) is 7.79. The van der Waals surface area contributed by atoms with Crippen LogP contribution in [0.15, 0.2) is 30.5 Å². The topological polar surface area (TPSA) is 45.8 Å². The highest BCUT2D eigenvalue weighted by Crippen LogP contribution is 2.09. The van der Waals surface area contributed by atoms with Gasteiger partial charge in [0.2, 0.25) is 0 Å². The SMILES string of the molecule is Cc1ccc(CCc2[nH]ncc2C=O)cc1. The van der Waals surface area contributed by atoms with E-state index in [1.807, 2.05) is 0 Å². The second-order valence-electron chi connectivity index (χ2n) is 3.91. The van der Waals surface area contributed by atoms with Crippen molar-refractivity contribution in [1.29, 1.82) is 0 Å². The lowest BCUT2D eigenvalue weighted by molar-refractivity contribution is 0.112. The Morgan fingerprint density at radius 2 is 2.00 bits per heavy atom. The molecular weight excluding hydrogens is 200 g/mol. The number of carbonyl (C=O) groups is 1. The van der Waals surface area contributed by atoms with Crippen LogP contribution >= 0.6 is 0 Å². The fourth-order valence-corrected chi connectivity index (χ4v) is 1.65. The Morgan fingerprint density at radius 1 is 1.25 bits per heavy atom. The average Bonchev–Trinajstić information content (AvgIpc) is 2.76. The number of nitrogens with one attached hydrogen (secondary N) is 1. The maximum atomic E-state index is 10.7. The molecule has 0 unspecified atom stereocenters. The van der Waals surface area contributed by atoms with Crippen LogP contribution < -0.4 is 0 Å². The van der Waals surface area contributed by atoms with Gasteiger partial charge in [-0.05, 0) is 25.3 Å². The van der Waals surface area contributed by atoms with Gasteiger partial charge >= 0.3 is 0 Å². The summed E-state index contributed by atoms with van der Waals surface area (Å²) in [6.07, 6.45) is 4.14. The summed E-state index contributed by atoms with van der Waals surface area (Å²) >= 11 is 0. The number of hydrogen-bond donors (Lipinski definition) is 1. The van der Waals surface area contributed by atoms with Gasteiger partial charge in [-0.1, -0.05) is 29.8 Å². The van der Waals surface area contributed by atoms with Gasteiger partial charge < -0.3 is 0 Å². The predicted molar refractivity (Wildman–Crippen MR) is 62.6 cm³/mol. The highest BCUT2D eigenvalue weighted by molar-refractivity contribution is 5.75. The fourth-order valence-electron chi connectivity index (χ4n) is 1.65. The molecule has 0 radical (unpaired) electrons. The number of aldehydes is 1. The molecule has 2 rings (SSSR count). The van der Waals surface area contributed by atoms with E-state index < -0.39 is 0 Å². The maximum absolute atomic E-state index is 10.7. The van der Waals surface area contributed by atoms with Gasteiger partial charge in [-0.15, -0.1) is 0 Å². The minimum atomic E-state index is 0.659. The van der Waals surface area contributed by atoms with Gasteiger partial charge in [0.15, 0.2) is 6.29 Å². The summed E-state index contributed by atoms with van der Waals surface area (Å²) in [7, 11) is 0. The minimum Gasteiger partial charge on any atom is -0.298 e. The molecule has 0 saturated carbocycles. The highest BCUT2D eigenvalue weighted by atomic mass is 16.1. The van der Waals surface area contributed by atoms with Gasteiger partial charge in [-0.2, -0.15) is 5.10 Å². The number of carbonyl (C=O) groups excluding carboxylic acids is 1. The second kappa shape index (κ2) is 4.75. The van der Waals surface area contributed by atoms with Crippen molar-refractivity contribution < 1.29 is 4.79 Å². The zero-order valence-electron chi connectivity index (χ0n) is 9.23. The van der Waals surface area contributed by atoms with Gasteiger partial charge in [-0.3, -0.25) is 9.89 Å². The molecule has 0 aliphatic heterocycles. The largest absolute Gasteiger partial charge is 0.298 e. The van der Waals surface area contributed by atoms with Crippen LogP contribution in [0.1, 0.15) is 27.2 Å². The lowest BCUT2D eigenvalue weighted by Crippen LogP contribution is -1.95. The monoisotopic (exact) mass is 214 g/mol. The molecule has 82 valence electrons. The molecule has 0 fully saturated rings. The van der Waals surface area contributed by atoms with Crippen molar-refractivity contribution in [3.8, 4) is 0 Å². The number of aryl methyl sites for hydroxylation is 3. The summed E-state index contributed by atoms with van der Waals surface area (Å²) in [5.74, 6) is 0. The molecule has 0 aliphatic carbocycles. The zero-order valence-corrected chi connectivity index (χ0v) is 9.23. The standard InChI is InChI=1S/C13H14N2O/c1-10-2-4-11(5-3-10)6-7-13-12(9-16)8-14-15-13/h2-5,8-9H,6-7H2,1H3,(H,14,15). The van der Waals surface area contributed by atoms with Crippen LogP contribution in [0.4, 0.5) is 0 Å². The Hall–Kier alpha value is -1.90. The summed E-state index contributed by atoms with van der Waals surface area (Å²) in [5.41, 5.74) is 4.11. The van der Waals surface area contributed by atoms with Crippen LogP contribution in [0.25, 0.3) is 0 Å². The van der Waals surface area contributed by atoms with E-state index in [-0.39, 0.29) is 0 Å². The fraction of sp³-hybridized carbons (Fsp3) is 0.231. The summed E-state index contributed by atoms with van der Waals surface area (Å²) in [4.78, 5) is 10.7. The Balaban J connectivity index is 2.02. The van der Waals surface area contributed by atoms with Gasteiger partial charge in [0.25, 0.3) is 0 Å². The van der Waals surface area contributed by atoms with Gasteiger partial charge in [-0.25, -0.2) is 0 Å². The molecule has 0 bridgehead atoms. The number of hydrogen-bond acceptors (Lipinski definition) is 2. The predicted octanol–water partition coefficient (Wildman–Crippen LogP) is 2.32. The quantitative estimate of drug-likeness (QED) is 0.794. The van der Waals surface area contributed by atoms with E-state index in [2.05, 4.69) is 41.4 Å². The average molecular weight is 214 g/mol. The van der Waals surface area contributed by atoms with Crippen LogP contribution in [0.5, 0.6) is 0 Å². The van der Waals surface area contributed by atoms with E-state index in [0.717, 1.165) is 24.8 Å². The molecule has 16 heavy (non-hydrogen) atoms. The Morgan fingerprint density at radius 3 is 2.69 bits per heavy atom. The van der Waals surface area contributed by atoms with Crippen molar-refractivity contribution in [1.82, 2.24) is 10.2 Å². The van der Waals surface area contributed by atoms with Crippen molar-refractivity contribution in [3.05, 3.63) is 52.8 Å². The van der Waals surface area contributed by atoms with Crippen LogP contribution in [-0.2, 0) is 12.8 Å². The number of H-pyrrole nitrogens is 1. The van der Waals surface area contributed by atoms with Gasteiger partial charge in [0.1, 0.15) is 0 Å². The zero-order chi connectivity index (χ0) is 11.4. The van der Waals surface area contributed by atoms with Crippen molar-refractivity contribution in [2.24, 2.45) is 0 Å². The van der Waals surface area contributed by atoms with Crippen molar-refractivity contribution in [2.75, 3.05) is 0 Å². The number of nitrogens with zero attached hydrogens (tertiary/aromatic N) is 1. The third-order valence-corrected chi connectivity index (χ3v) is 2.66. The van der Waals surface area contributed by atoms with E-state index in [4.69, 9.17) is 0 Å². The minimum absolute atomic E-state index is 0.659. The molecule has 0 aliphatic rings. The summed E-state index contributed by atoms with van der Waals surface area (Å²) in [6.45, 7) is 2.07. The first-order valence-electron chi connectivity index (χ1n) is 5.32. The summed E-state index contributed by atoms with van der Waals surface area (Å²) in [5, 5.41) is 6.72. The van der Waals surface area contributed by atoms with Crippen molar-refractivity contribution in [2.45, 2.75) is 19.8 Å². The molecule has 1 aromatic heterocycles. The number of aromatic amines is 1. The summed E-state index contributed by atoms with van der Waals surface area (Å²) in [6, 6.07) is 8.43. The molecule has 1 N–H and O–H groups in total. The van der Waals surface area contributed by atoms with Crippen LogP contribution in [0, 0.1) is 6.92 Å². The normalized spacial score (nSPS) is 10.3. The molecule has 3 nitrogen and oxygen atoms in total. The maximum Gasteiger partial charge on any atom is 0.153 e. The van der Waals surface area contributed by atoms with Crippen LogP contribution in [-0.4, -0.2) is 16.5 Å². The molecule has 0 atom stereocenters. The van der Waals surface area contributed by atoms with E-state index in [1.54, 1.807) is 6.20 Å². The Kier molecular flexibility index (Phi) is 3.15. The molecular formula is C13H14N2O. The highest BCUT2D eigenvalue weighted by Gasteiger charge is 2.03. The third-order valence-electron chi connectivity index (χ3n) is 2.66. The van der Waals surface area contributed by atoms with Gasteiger partial charge in [0, 0.05) is 5.69 Å². The third kappa shape index (κ3) is 2.37. The lowest BCUT2D eigenvalue weighted by Gasteiger charge is -2.01. The molecule has 1 heterocycles. The van der Waals surface area contributed by atoms with E-state index in [9.17, 15) is 4.79 Å². The number of benzene rings is 1. The van der Waals surface area contributed by atoms with E-state index >= 15 is 0 Å². The second-order valence-corrected chi connectivity index (χ2v) is 3.91. The molecule has 3 heteroatoms. The van der Waals surface area contributed by atoms with Gasteiger partial charge in [0.05, 0.1) is 11.8 Å². The Labute approximate surface area is 94.5 Å². The van der Waals surface area contributed by atoms with Crippen LogP contribution in [0.3, 0.4) is 0 Å². The molecule has 1 aromatic carbocycles. The number of aromatic nitrogens is 2. The Bertz CT molecular complexity index is 471. The molecule has 2 aromatic rings.